The smallest absolute Gasteiger partial charge is 0.329 e. The van der Waals surface area contributed by atoms with Crippen LogP contribution in [-0.4, -0.2) is 187 Å². The van der Waals surface area contributed by atoms with Crippen molar-refractivity contribution in [3.05, 3.63) is 322 Å². The molecule has 1 atom stereocenters. The number of carbonyl (C=O) groups excluding carboxylic acids is 3. The van der Waals surface area contributed by atoms with Gasteiger partial charge in [0.05, 0.1) is 121 Å². The van der Waals surface area contributed by atoms with E-state index in [1.54, 1.807) is 31.7 Å². The number of carbonyl (C=O) groups is 3. The molecule has 2 N–H and O–H groups in total. The SMILES string of the molecule is CON=C1C[C@@H](C(=O)OC)N(C(=O)N2CCC3(CC2)OCc2ccccc23)C1.Cc1ccc(NC(=S)N2CCC3(CC2)OCc2ccccc23)cn1.Cn1ncc2c1Nc1ccccc1N(CC(=O)N1CCC3(CC1)OCc1ccccc13)C2.O=S(=O)(c1cc2ccccc2s1)N1CCC2(CC1)OCc1ccccc12.O=S(=O)(c1ccc(-c2ccccc2)cc1)N1CCC2(CC1)OCc1ccccc12. The Kier molecular flexibility index (Phi) is 27.1. The van der Waals surface area contributed by atoms with Crippen molar-refractivity contribution >= 4 is 105 Å². The highest BCUT2D eigenvalue weighted by Crippen LogP contribution is 2.51. The number of sulfonamides is 2. The zero-order chi connectivity index (χ0) is 95.7. The Morgan fingerprint density at radius 3 is 1.43 bits per heavy atom. The van der Waals surface area contributed by atoms with Gasteiger partial charge in [0.2, 0.25) is 15.9 Å². The summed E-state index contributed by atoms with van der Waals surface area (Å²) in [6.07, 6.45) is 11.9. The molecule has 9 aromatic carbocycles. The monoisotopic (exact) mass is 1950 g/mol. The van der Waals surface area contributed by atoms with Crippen LogP contribution in [0.4, 0.5) is 27.7 Å². The van der Waals surface area contributed by atoms with Gasteiger partial charge >= 0.3 is 12.0 Å². The van der Waals surface area contributed by atoms with E-state index in [2.05, 4.69) is 133 Å². The molecule has 0 bridgehead atoms. The fraction of sp³-hybridized carbons (Fsp3) is 0.361. The molecule has 24 rings (SSSR count). The number of methoxy groups -OCH3 is 1. The Morgan fingerprint density at radius 1 is 0.496 bits per heavy atom. The maximum absolute atomic E-state index is 13.4. The zero-order valence-electron chi connectivity index (χ0n) is 78.6. The van der Waals surface area contributed by atoms with Gasteiger partial charge in [-0.3, -0.25) is 14.5 Å². The van der Waals surface area contributed by atoms with Crippen LogP contribution < -0.4 is 15.5 Å². The second-order valence-corrected chi connectivity index (χ2v) is 43.2. The van der Waals surface area contributed by atoms with Crippen LogP contribution in [0, 0.1) is 6.92 Å². The van der Waals surface area contributed by atoms with Gasteiger partial charge in [0.15, 0.2) is 5.11 Å². The number of aryl methyl sites for hydroxylation is 2. The number of oxime groups is 1. The third-order valence-electron chi connectivity index (χ3n) is 29.8. The summed E-state index contributed by atoms with van der Waals surface area (Å²) < 4.78 is 94.9. The molecule has 0 aliphatic carbocycles. The molecule has 15 heterocycles. The Hall–Kier alpha value is -12.1. The number of thiocarbonyl (C=S) groups is 1. The van der Waals surface area contributed by atoms with Crippen molar-refractivity contribution in [3.8, 4) is 11.1 Å². The molecular formula is C108H115N13O14S4. The van der Waals surface area contributed by atoms with E-state index in [4.69, 9.17) is 45.5 Å². The minimum Gasteiger partial charge on any atom is -0.467 e. The van der Waals surface area contributed by atoms with Crippen molar-refractivity contribution in [2.45, 2.75) is 160 Å². The average Bonchev–Trinajstić information content (AvgIpc) is 1.63. The lowest BCUT2D eigenvalue weighted by atomic mass is 9.84. The first-order valence-corrected chi connectivity index (χ1v) is 52.0. The second-order valence-electron chi connectivity index (χ2n) is 37.6. The van der Waals surface area contributed by atoms with Crippen molar-refractivity contribution in [1.82, 2.24) is 43.0 Å². The number of nitrogens with one attached hydrogen (secondary N) is 2. The van der Waals surface area contributed by atoms with Gasteiger partial charge in [0.25, 0.3) is 10.0 Å². The topological polar surface area (TPSA) is 274 Å². The number of likely N-dealkylation sites (tertiary alicyclic amines) is 4. The molecule has 6 fully saturated rings. The number of piperidine rings is 5. The van der Waals surface area contributed by atoms with E-state index in [0.29, 0.717) is 126 Å². The van der Waals surface area contributed by atoms with Gasteiger partial charge in [-0.15, -0.1) is 11.3 Å². The number of thiophene rings is 1. The van der Waals surface area contributed by atoms with Gasteiger partial charge in [-0.2, -0.15) is 13.7 Å². The molecule has 0 saturated carbocycles. The van der Waals surface area contributed by atoms with Crippen LogP contribution in [-0.2, 0) is 138 Å². The number of fused-ring (bicyclic) bond motifs is 13. The molecule has 12 aliphatic rings. The molecule has 3 aromatic heterocycles. The number of urea groups is 1. The zero-order valence-corrected chi connectivity index (χ0v) is 81.9. The van der Waals surface area contributed by atoms with Crippen molar-refractivity contribution < 1.29 is 64.5 Å². The number of para-hydroxylation sites is 2. The number of aromatic nitrogens is 3. The van der Waals surface area contributed by atoms with E-state index < -0.39 is 32.1 Å². The average molecular weight is 1950 g/mol. The number of benzene rings is 9. The van der Waals surface area contributed by atoms with Crippen molar-refractivity contribution in [2.75, 3.05) is 108 Å². The van der Waals surface area contributed by atoms with Crippen LogP contribution in [0.2, 0.25) is 0 Å². The van der Waals surface area contributed by atoms with Gasteiger partial charge in [0.1, 0.15) is 23.2 Å². The first-order chi connectivity index (χ1) is 67.5. The normalized spacial score (nSPS) is 20.0. The summed E-state index contributed by atoms with van der Waals surface area (Å²) in [5.41, 5.74) is 19.2. The van der Waals surface area contributed by atoms with Gasteiger partial charge in [-0.05, 0) is 204 Å². The lowest BCUT2D eigenvalue weighted by molar-refractivity contribution is -0.145. The Balaban J connectivity index is 0.000000107. The maximum Gasteiger partial charge on any atom is 0.329 e. The summed E-state index contributed by atoms with van der Waals surface area (Å²) in [7, 11) is -2.24. The first kappa shape index (κ1) is 94.5. The number of ether oxygens (including phenoxy) is 6. The third kappa shape index (κ3) is 19.0. The molecule has 6 saturated heterocycles. The molecule has 12 aromatic rings. The molecule has 3 amide bonds. The summed E-state index contributed by atoms with van der Waals surface area (Å²) >= 11 is 6.93. The van der Waals surface area contributed by atoms with E-state index in [0.717, 1.165) is 132 Å². The number of rotatable bonds is 10. The van der Waals surface area contributed by atoms with E-state index in [-0.39, 0.29) is 46.5 Å². The predicted octanol–water partition coefficient (Wildman–Crippen LogP) is 17.7. The fourth-order valence-corrected chi connectivity index (χ4v) is 26.8. The Labute approximate surface area is 821 Å². The number of amides is 3. The largest absolute Gasteiger partial charge is 0.467 e. The molecule has 27 nitrogen and oxygen atoms in total. The van der Waals surface area contributed by atoms with Crippen molar-refractivity contribution in [3.63, 3.8) is 0 Å². The standard InChI is InChI=1S/C25H27N5O2.C24H23NO3S.C20H25N3O5.C20H19NO3S2.C19H21N3OS/c1-28-24-19(14-26-28)15-30(22-9-5-4-8-21(22)27-24)16-23(31)29-12-10-25(11-13-29)20-7-3-2-6-18(20)17-32-25;26-29(27,22-12-10-20(11-13-22)19-6-2-1-3-7-19)25-16-14-24(15-17-25)23-9-5-4-8-21(23)18-28-24;1-26-18(24)17-11-15(21-27-2)12-23(17)19(25)22-9-7-20(8-10-22)16-6-4-3-5-14(16)13-28-20;22-26(23,19-13-15-5-2-4-8-18(15)25-19)21-11-9-20(10-12-21)17-7-3-1-6-16(17)14-24-20;1-14-6-7-16(12-20-14)21-18(24)22-10-8-19(9-11-22)17-5-3-2-4-15(17)13-23-19/h2-9,14,27H,10-13,15-17H2,1H3;1-13H,14-18H2;3-6,17H,7-13H2,1-2H3;1-8,13H,9-12,14H2;2-7,12H,8-11,13H2,1H3,(H,21,24)/t;;17-;;/m..0../s1. The minimum atomic E-state index is -3.51. The molecule has 12 aliphatic heterocycles. The van der Waals surface area contributed by atoms with Crippen molar-refractivity contribution in [2.24, 2.45) is 12.2 Å². The van der Waals surface area contributed by atoms with Crippen LogP contribution in [0.15, 0.2) is 269 Å². The Morgan fingerprint density at radius 2 is 0.942 bits per heavy atom. The molecule has 0 radical (unpaired) electrons. The minimum absolute atomic E-state index is 0.117. The van der Waals surface area contributed by atoms with Crippen LogP contribution in [0.1, 0.15) is 138 Å². The number of hydrogen-bond donors (Lipinski definition) is 2. The third-order valence-corrected chi connectivity index (χ3v) is 35.5. The van der Waals surface area contributed by atoms with E-state index in [1.165, 1.54) is 86.1 Å². The Bertz CT molecular complexity index is 6770. The molecule has 5 spiro atoms. The summed E-state index contributed by atoms with van der Waals surface area (Å²) in [5, 5.41) is 16.9. The summed E-state index contributed by atoms with van der Waals surface area (Å²) in [4.78, 5) is 57.8. The van der Waals surface area contributed by atoms with Gasteiger partial charge < -0.3 is 68.4 Å². The molecular weight excluding hydrogens is 1830 g/mol. The van der Waals surface area contributed by atoms with Gasteiger partial charge in [-0.1, -0.05) is 199 Å². The fourth-order valence-electron chi connectivity index (χ4n) is 22.0. The van der Waals surface area contributed by atoms with Crippen LogP contribution >= 0.6 is 23.6 Å². The lowest BCUT2D eigenvalue weighted by Crippen LogP contribution is -2.52. The highest BCUT2D eigenvalue weighted by Gasteiger charge is 2.51. The molecule has 139 heavy (non-hydrogen) atoms. The van der Waals surface area contributed by atoms with Crippen LogP contribution in [0.25, 0.3) is 21.2 Å². The second kappa shape index (κ2) is 39.9. The number of nitrogens with zero attached hydrogens (tertiary/aromatic N) is 11. The quantitative estimate of drug-likeness (QED) is 0.0731. The molecule has 720 valence electrons. The highest BCUT2D eigenvalue weighted by atomic mass is 32.2. The predicted molar refractivity (Wildman–Crippen MR) is 538 cm³/mol. The summed E-state index contributed by atoms with van der Waals surface area (Å²) in [6.45, 7) is 12.8. The van der Waals surface area contributed by atoms with Gasteiger partial charge in [-0.25, -0.2) is 26.4 Å². The lowest BCUT2D eigenvalue weighted by Gasteiger charge is -2.40. The number of pyridine rings is 1. The molecule has 31 heteroatoms. The van der Waals surface area contributed by atoms with Gasteiger partial charge in [0, 0.05) is 101 Å². The van der Waals surface area contributed by atoms with E-state index in [1.807, 2.05) is 163 Å². The first-order valence-electron chi connectivity index (χ1n) is 47.9. The number of anilines is 4. The van der Waals surface area contributed by atoms with Crippen LogP contribution in [0.5, 0.6) is 0 Å². The van der Waals surface area contributed by atoms with E-state index >= 15 is 0 Å². The molecule has 0 unspecified atom stereocenters. The van der Waals surface area contributed by atoms with Crippen molar-refractivity contribution in [1.29, 1.82) is 0 Å². The van der Waals surface area contributed by atoms with E-state index in [9.17, 15) is 31.2 Å². The van der Waals surface area contributed by atoms with Crippen LogP contribution in [0.3, 0.4) is 0 Å². The number of hydrogen-bond acceptors (Lipinski definition) is 21. The summed E-state index contributed by atoms with van der Waals surface area (Å²) in [6, 6.07) is 80.0. The summed E-state index contributed by atoms with van der Waals surface area (Å²) in [5.74, 6) is 0.703. The highest BCUT2D eigenvalue weighted by molar-refractivity contribution is 7.91. The number of esters is 1. The maximum atomic E-state index is 13.4.